The molecule has 0 aliphatic carbocycles. The third kappa shape index (κ3) is 2.08. The van der Waals surface area contributed by atoms with Crippen molar-refractivity contribution >= 4 is 27.3 Å². The van der Waals surface area contributed by atoms with Crippen molar-refractivity contribution in [2.45, 2.75) is 13.8 Å². The number of azide groups is 1. The topological polar surface area (TPSA) is 91.9 Å². The molecule has 1 aromatic carbocycles. The lowest BCUT2D eigenvalue weighted by molar-refractivity contribution is -0.384. The Hall–Kier alpha value is -1.59. The number of rotatable bonds is 2. The highest BCUT2D eigenvalue weighted by molar-refractivity contribution is 9.10. The highest BCUT2D eigenvalue weighted by Crippen LogP contribution is 2.37. The van der Waals surface area contributed by atoms with E-state index >= 15 is 0 Å². The summed E-state index contributed by atoms with van der Waals surface area (Å²) in [5, 5.41) is 14.1. The van der Waals surface area contributed by atoms with E-state index < -0.39 is 4.92 Å². The van der Waals surface area contributed by atoms with Gasteiger partial charge in [0.25, 0.3) is 5.69 Å². The summed E-state index contributed by atoms with van der Waals surface area (Å²) in [5.74, 6) is 0. The first-order chi connectivity index (χ1) is 6.99. The molecule has 0 fully saturated rings. The number of hydrogen-bond donors (Lipinski definition) is 0. The minimum atomic E-state index is -0.568. The summed E-state index contributed by atoms with van der Waals surface area (Å²) in [7, 11) is 0. The second-order valence-electron chi connectivity index (χ2n) is 2.92. The Balaban J connectivity index is 3.64. The number of nitrogens with zero attached hydrogens (tertiary/aromatic N) is 4. The summed E-state index contributed by atoms with van der Waals surface area (Å²) < 4.78 is 0.628. The fraction of sp³-hybridized carbons (Fsp3) is 0.250. The van der Waals surface area contributed by atoms with E-state index in [2.05, 4.69) is 26.0 Å². The lowest BCUT2D eigenvalue weighted by atomic mass is 10.1. The van der Waals surface area contributed by atoms with Gasteiger partial charge in [0.1, 0.15) is 5.69 Å². The maximum Gasteiger partial charge on any atom is 0.280 e. The molecule has 0 saturated carbocycles. The monoisotopic (exact) mass is 270 g/mol. The predicted octanol–water partition coefficient (Wildman–Crippen LogP) is 3.92. The molecule has 0 aliphatic heterocycles. The first kappa shape index (κ1) is 11.5. The van der Waals surface area contributed by atoms with Crippen LogP contribution in [0.2, 0.25) is 0 Å². The quantitative estimate of drug-likeness (QED) is 0.268. The van der Waals surface area contributed by atoms with Crippen LogP contribution in [-0.2, 0) is 0 Å². The second-order valence-corrected chi connectivity index (χ2v) is 3.78. The Labute approximate surface area is 93.8 Å². The molecule has 0 amide bonds. The summed E-state index contributed by atoms with van der Waals surface area (Å²) in [5.41, 5.74) is 9.64. The van der Waals surface area contributed by atoms with E-state index in [1.54, 1.807) is 13.8 Å². The van der Waals surface area contributed by atoms with Crippen LogP contribution in [0.1, 0.15) is 11.1 Å². The molecule has 0 aromatic heterocycles. The zero-order valence-corrected chi connectivity index (χ0v) is 9.65. The number of hydrogen-bond acceptors (Lipinski definition) is 3. The highest BCUT2D eigenvalue weighted by Gasteiger charge is 2.18. The highest BCUT2D eigenvalue weighted by atomic mass is 79.9. The minimum Gasteiger partial charge on any atom is -0.258 e. The number of halogens is 1. The number of nitro groups is 1. The van der Waals surface area contributed by atoms with Crippen LogP contribution in [0.25, 0.3) is 10.4 Å². The molecular weight excluding hydrogens is 264 g/mol. The molecule has 78 valence electrons. The molecule has 0 heterocycles. The average Bonchev–Trinajstić information content (AvgIpc) is 2.18. The molecule has 15 heavy (non-hydrogen) atoms. The van der Waals surface area contributed by atoms with Crippen molar-refractivity contribution in [2.75, 3.05) is 0 Å². The zero-order chi connectivity index (χ0) is 11.6. The maximum atomic E-state index is 10.7. The van der Waals surface area contributed by atoms with E-state index in [0.29, 0.717) is 10.0 Å². The molecule has 0 atom stereocenters. The van der Waals surface area contributed by atoms with Gasteiger partial charge in [-0.1, -0.05) is 21.0 Å². The molecule has 0 N–H and O–H groups in total. The third-order valence-corrected chi connectivity index (χ3v) is 2.95. The zero-order valence-electron chi connectivity index (χ0n) is 8.06. The van der Waals surface area contributed by atoms with Gasteiger partial charge in [0.05, 0.1) is 4.92 Å². The molecule has 0 bridgehead atoms. The number of nitro benzene ring substituents is 1. The Morgan fingerprint density at radius 1 is 1.53 bits per heavy atom. The van der Waals surface area contributed by atoms with Crippen molar-refractivity contribution in [1.82, 2.24) is 0 Å². The Morgan fingerprint density at radius 3 is 2.60 bits per heavy atom. The van der Waals surface area contributed by atoms with Crippen LogP contribution in [0, 0.1) is 24.0 Å². The lowest BCUT2D eigenvalue weighted by Crippen LogP contribution is -1.93. The van der Waals surface area contributed by atoms with Crippen molar-refractivity contribution in [3.8, 4) is 0 Å². The average molecular weight is 271 g/mol. The third-order valence-electron chi connectivity index (χ3n) is 2.12. The molecule has 0 spiro atoms. The van der Waals surface area contributed by atoms with Gasteiger partial charge >= 0.3 is 0 Å². The molecule has 1 aromatic rings. The molecule has 7 heteroatoms. The van der Waals surface area contributed by atoms with Crippen LogP contribution in [-0.4, -0.2) is 4.92 Å². The van der Waals surface area contributed by atoms with Crippen molar-refractivity contribution in [2.24, 2.45) is 5.11 Å². The van der Waals surface area contributed by atoms with Crippen LogP contribution in [0.15, 0.2) is 15.7 Å². The van der Waals surface area contributed by atoms with Crippen molar-refractivity contribution in [3.05, 3.63) is 42.2 Å². The van der Waals surface area contributed by atoms with E-state index in [1.165, 1.54) is 6.07 Å². The number of benzene rings is 1. The smallest absolute Gasteiger partial charge is 0.258 e. The normalized spacial score (nSPS) is 9.53. The van der Waals surface area contributed by atoms with E-state index in [9.17, 15) is 10.1 Å². The Kier molecular flexibility index (Phi) is 3.28. The van der Waals surface area contributed by atoms with Crippen LogP contribution in [0.4, 0.5) is 11.4 Å². The van der Waals surface area contributed by atoms with Gasteiger partial charge < -0.3 is 0 Å². The molecule has 0 unspecified atom stereocenters. The first-order valence-electron chi connectivity index (χ1n) is 3.98. The van der Waals surface area contributed by atoms with Gasteiger partial charge in [0.2, 0.25) is 0 Å². The first-order valence-corrected chi connectivity index (χ1v) is 4.77. The van der Waals surface area contributed by atoms with Crippen molar-refractivity contribution in [1.29, 1.82) is 0 Å². The minimum absolute atomic E-state index is 0.0724. The van der Waals surface area contributed by atoms with E-state index in [-0.39, 0.29) is 11.4 Å². The van der Waals surface area contributed by atoms with Crippen LogP contribution >= 0.6 is 15.9 Å². The van der Waals surface area contributed by atoms with Gasteiger partial charge in [-0.2, -0.15) is 0 Å². The van der Waals surface area contributed by atoms with Crippen molar-refractivity contribution < 1.29 is 4.92 Å². The van der Waals surface area contributed by atoms with Crippen LogP contribution < -0.4 is 0 Å². The summed E-state index contributed by atoms with van der Waals surface area (Å²) in [4.78, 5) is 12.7. The molecular formula is C8H7BrN4O2. The summed E-state index contributed by atoms with van der Waals surface area (Å²) in [6.45, 7) is 3.47. The molecule has 1 rings (SSSR count). The fourth-order valence-corrected chi connectivity index (χ4v) is 1.67. The Bertz CT molecular complexity index is 480. The van der Waals surface area contributed by atoms with Gasteiger partial charge in [0, 0.05) is 15.5 Å². The van der Waals surface area contributed by atoms with Gasteiger partial charge in [-0.15, -0.1) is 0 Å². The Morgan fingerprint density at radius 2 is 2.13 bits per heavy atom. The molecule has 6 nitrogen and oxygen atoms in total. The van der Waals surface area contributed by atoms with E-state index in [0.717, 1.165) is 5.56 Å². The van der Waals surface area contributed by atoms with E-state index in [1.807, 2.05) is 0 Å². The van der Waals surface area contributed by atoms with Crippen LogP contribution in [0.5, 0.6) is 0 Å². The van der Waals surface area contributed by atoms with Crippen molar-refractivity contribution in [3.63, 3.8) is 0 Å². The van der Waals surface area contributed by atoms with E-state index in [4.69, 9.17) is 5.53 Å². The standard InChI is InChI=1S/C8H7BrN4O2/c1-4-5(2)8(11-12-10)7(13(14)15)3-6(4)9/h3H,1-2H3. The molecule has 0 aliphatic rings. The van der Waals surface area contributed by atoms with Gasteiger partial charge in [0.15, 0.2) is 0 Å². The fourth-order valence-electron chi connectivity index (χ4n) is 1.16. The summed E-state index contributed by atoms with van der Waals surface area (Å²) >= 11 is 3.21. The largest absolute Gasteiger partial charge is 0.280 e. The van der Waals surface area contributed by atoms with Gasteiger partial charge in [-0.05, 0) is 30.5 Å². The summed E-state index contributed by atoms with van der Waals surface area (Å²) in [6, 6.07) is 1.34. The SMILES string of the molecule is Cc1c(Br)cc([N+](=O)[O-])c(N=[N+]=[N-])c1C. The van der Waals surface area contributed by atoms with Crippen LogP contribution in [0.3, 0.4) is 0 Å². The van der Waals surface area contributed by atoms with Gasteiger partial charge in [-0.3, -0.25) is 10.1 Å². The van der Waals surface area contributed by atoms with Gasteiger partial charge in [-0.25, -0.2) is 0 Å². The summed E-state index contributed by atoms with van der Waals surface area (Å²) in [6.07, 6.45) is 0. The predicted molar refractivity (Wildman–Crippen MR) is 59.1 cm³/mol. The lowest BCUT2D eigenvalue weighted by Gasteiger charge is -2.06. The maximum absolute atomic E-state index is 10.7. The second kappa shape index (κ2) is 4.29. The molecule has 0 radical (unpaired) electrons. The molecule has 0 saturated heterocycles.